The molecule has 3 aromatic rings. The third kappa shape index (κ3) is 3.01. The zero-order valence-electron chi connectivity index (χ0n) is 13.9. The Bertz CT molecular complexity index is 1140. The molecule has 0 bridgehead atoms. The van der Waals surface area contributed by atoms with Crippen molar-refractivity contribution in [2.45, 2.75) is 6.61 Å². The molecule has 8 heteroatoms. The van der Waals surface area contributed by atoms with Crippen molar-refractivity contribution in [3.05, 3.63) is 52.9 Å². The van der Waals surface area contributed by atoms with Crippen LogP contribution in [0.25, 0.3) is 28.2 Å². The third-order valence-corrected chi connectivity index (χ3v) is 5.45. The highest BCUT2D eigenvalue weighted by atomic mass is 32.2. The molecule has 2 aliphatic heterocycles. The van der Waals surface area contributed by atoms with Gasteiger partial charge in [0.25, 0.3) is 5.91 Å². The van der Waals surface area contributed by atoms with Crippen LogP contribution in [0.2, 0.25) is 0 Å². The van der Waals surface area contributed by atoms with Crippen LogP contribution >= 0.6 is 24.0 Å². The smallest absolute Gasteiger partial charge is 0.263 e. The second kappa shape index (κ2) is 6.49. The van der Waals surface area contributed by atoms with Gasteiger partial charge in [-0.15, -0.1) is 0 Å². The lowest BCUT2D eigenvalue weighted by Gasteiger charge is -2.18. The summed E-state index contributed by atoms with van der Waals surface area (Å²) in [5.74, 6) is 1.19. The minimum Gasteiger partial charge on any atom is -0.467 e. The van der Waals surface area contributed by atoms with Gasteiger partial charge in [-0.1, -0.05) is 30.0 Å². The Morgan fingerprint density at radius 2 is 2.19 bits per heavy atom. The van der Waals surface area contributed by atoms with E-state index in [4.69, 9.17) is 26.1 Å². The van der Waals surface area contributed by atoms with E-state index in [1.165, 1.54) is 11.8 Å². The maximum absolute atomic E-state index is 11.9. The minimum atomic E-state index is -0.210. The maximum Gasteiger partial charge on any atom is 0.263 e. The molecule has 27 heavy (non-hydrogen) atoms. The van der Waals surface area contributed by atoms with Crippen LogP contribution in [0.5, 0.6) is 5.75 Å². The highest BCUT2D eigenvalue weighted by Gasteiger charge is 2.23. The first-order chi connectivity index (χ1) is 13.2. The van der Waals surface area contributed by atoms with Crippen molar-refractivity contribution in [3.63, 3.8) is 0 Å². The molecule has 6 nitrogen and oxygen atoms in total. The molecule has 1 amide bonds. The normalized spacial score (nSPS) is 17.9. The molecule has 0 saturated carbocycles. The number of hydrogen-bond acceptors (Lipinski definition) is 7. The van der Waals surface area contributed by atoms with Gasteiger partial charge in [0.15, 0.2) is 6.79 Å². The van der Waals surface area contributed by atoms with E-state index in [2.05, 4.69) is 10.3 Å². The van der Waals surface area contributed by atoms with Gasteiger partial charge < -0.3 is 19.2 Å². The number of carbonyl (C=O) groups excluding carboxylic acids is 1. The van der Waals surface area contributed by atoms with E-state index in [-0.39, 0.29) is 12.7 Å². The standard InChI is InChI=1S/C19H12N2O4S2/c22-18-16(27-19(26)21-18)5-13-4-11-6-20-7-14(17(11)25-13)10-1-2-15-12(3-10)8-23-9-24-15/h1-7H,8-9H2,(H,21,22,26)/b16-5+. The number of nitrogens with zero attached hydrogens (tertiary/aromatic N) is 1. The lowest BCUT2D eigenvalue weighted by atomic mass is 10.0. The molecule has 0 radical (unpaired) electrons. The Morgan fingerprint density at radius 1 is 1.26 bits per heavy atom. The molecule has 0 unspecified atom stereocenters. The molecular formula is C19H12N2O4S2. The molecule has 1 N–H and O–H groups in total. The average Bonchev–Trinajstić information content (AvgIpc) is 3.23. The Balaban J connectivity index is 1.58. The summed E-state index contributed by atoms with van der Waals surface area (Å²) in [7, 11) is 0. The molecule has 4 heterocycles. The molecule has 2 aromatic heterocycles. The summed E-state index contributed by atoms with van der Waals surface area (Å²) in [5.41, 5.74) is 3.52. The van der Waals surface area contributed by atoms with E-state index in [0.717, 1.165) is 27.8 Å². The summed E-state index contributed by atoms with van der Waals surface area (Å²) < 4.78 is 17.3. The van der Waals surface area contributed by atoms with E-state index in [0.29, 0.717) is 27.2 Å². The number of thiocarbonyl (C=S) groups is 1. The number of furan rings is 1. The largest absolute Gasteiger partial charge is 0.467 e. The molecular weight excluding hydrogens is 384 g/mol. The maximum atomic E-state index is 11.9. The predicted molar refractivity (Wildman–Crippen MR) is 106 cm³/mol. The van der Waals surface area contributed by atoms with E-state index in [9.17, 15) is 4.79 Å². The number of thioether (sulfide) groups is 1. The second-order valence-corrected chi connectivity index (χ2v) is 7.76. The molecule has 0 spiro atoms. The average molecular weight is 396 g/mol. The van der Waals surface area contributed by atoms with Gasteiger partial charge in [0.05, 0.1) is 11.5 Å². The first-order valence-electron chi connectivity index (χ1n) is 8.13. The second-order valence-electron chi connectivity index (χ2n) is 6.04. The zero-order valence-corrected chi connectivity index (χ0v) is 15.5. The summed E-state index contributed by atoms with van der Waals surface area (Å²) >= 11 is 6.24. The Morgan fingerprint density at radius 3 is 3.04 bits per heavy atom. The number of amides is 1. The van der Waals surface area contributed by atoms with Crippen LogP contribution < -0.4 is 10.1 Å². The van der Waals surface area contributed by atoms with E-state index >= 15 is 0 Å². The van der Waals surface area contributed by atoms with Crippen molar-refractivity contribution in [2.24, 2.45) is 0 Å². The fourth-order valence-electron chi connectivity index (χ4n) is 3.07. The Kier molecular flexibility index (Phi) is 3.96. The van der Waals surface area contributed by atoms with Crippen LogP contribution in [0.1, 0.15) is 11.3 Å². The van der Waals surface area contributed by atoms with Crippen molar-refractivity contribution in [1.29, 1.82) is 0 Å². The lowest BCUT2D eigenvalue weighted by Crippen LogP contribution is -2.17. The van der Waals surface area contributed by atoms with Crippen LogP contribution in [0, 0.1) is 0 Å². The summed E-state index contributed by atoms with van der Waals surface area (Å²) in [4.78, 5) is 16.7. The summed E-state index contributed by atoms with van der Waals surface area (Å²) in [6.07, 6.45) is 5.19. The molecule has 0 atom stereocenters. The highest BCUT2D eigenvalue weighted by molar-refractivity contribution is 8.26. The number of carbonyl (C=O) groups is 1. The number of benzene rings is 1. The van der Waals surface area contributed by atoms with Gasteiger partial charge in [-0.2, -0.15) is 0 Å². The van der Waals surface area contributed by atoms with E-state index in [1.807, 2.05) is 24.3 Å². The third-order valence-electron chi connectivity index (χ3n) is 4.28. The summed E-state index contributed by atoms with van der Waals surface area (Å²) in [6.45, 7) is 0.781. The van der Waals surface area contributed by atoms with Gasteiger partial charge in [-0.3, -0.25) is 9.78 Å². The number of pyridine rings is 1. The number of rotatable bonds is 2. The summed E-state index contributed by atoms with van der Waals surface area (Å²) in [6, 6.07) is 7.78. The van der Waals surface area contributed by atoms with Crippen LogP contribution in [-0.4, -0.2) is 22.0 Å². The number of ether oxygens (including phenoxy) is 2. The highest BCUT2D eigenvalue weighted by Crippen LogP contribution is 2.35. The van der Waals surface area contributed by atoms with E-state index < -0.39 is 0 Å². The number of aromatic nitrogens is 1. The van der Waals surface area contributed by atoms with Crippen LogP contribution in [0.15, 0.2) is 46.0 Å². The molecule has 1 saturated heterocycles. The summed E-state index contributed by atoms with van der Waals surface area (Å²) in [5, 5.41) is 3.45. The van der Waals surface area contributed by atoms with E-state index in [1.54, 1.807) is 18.5 Å². The zero-order chi connectivity index (χ0) is 18.4. The molecule has 1 fully saturated rings. The van der Waals surface area contributed by atoms with Gasteiger partial charge in [-0.25, -0.2) is 0 Å². The van der Waals surface area contributed by atoms with Crippen molar-refractivity contribution in [2.75, 3.05) is 6.79 Å². The molecule has 0 aliphatic carbocycles. The first kappa shape index (κ1) is 16.5. The first-order valence-corrected chi connectivity index (χ1v) is 9.36. The quantitative estimate of drug-likeness (QED) is 0.521. The van der Waals surface area contributed by atoms with Crippen LogP contribution in [0.3, 0.4) is 0 Å². The SMILES string of the molecule is O=C1NC(=S)S/C1=C/c1cc2cncc(-c3ccc4c(c3)COCO4)c2o1. The van der Waals surface area contributed by atoms with Crippen LogP contribution in [0.4, 0.5) is 0 Å². The predicted octanol–water partition coefficient (Wildman–Crippen LogP) is 3.85. The Hall–Kier alpha value is -2.68. The lowest BCUT2D eigenvalue weighted by molar-refractivity contribution is -0.115. The van der Waals surface area contributed by atoms with Gasteiger partial charge in [0, 0.05) is 35.0 Å². The number of hydrogen-bond donors (Lipinski definition) is 1. The van der Waals surface area contributed by atoms with Gasteiger partial charge >= 0.3 is 0 Å². The minimum absolute atomic E-state index is 0.210. The number of nitrogens with one attached hydrogen (secondary N) is 1. The number of fused-ring (bicyclic) bond motifs is 2. The molecule has 134 valence electrons. The van der Waals surface area contributed by atoms with Gasteiger partial charge in [0.1, 0.15) is 21.4 Å². The monoisotopic (exact) mass is 396 g/mol. The molecule has 5 rings (SSSR count). The van der Waals surface area contributed by atoms with Gasteiger partial charge in [0.2, 0.25) is 0 Å². The fourth-order valence-corrected chi connectivity index (χ4v) is 4.09. The van der Waals surface area contributed by atoms with Crippen molar-refractivity contribution < 1.29 is 18.7 Å². The Labute approximate surface area is 163 Å². The fraction of sp³-hybridized carbons (Fsp3) is 0.105. The van der Waals surface area contributed by atoms with Crippen molar-refractivity contribution in [3.8, 4) is 16.9 Å². The topological polar surface area (TPSA) is 73.6 Å². The molecule has 1 aromatic carbocycles. The molecule has 2 aliphatic rings. The van der Waals surface area contributed by atoms with Crippen molar-refractivity contribution >= 4 is 51.3 Å². The van der Waals surface area contributed by atoms with Crippen molar-refractivity contribution in [1.82, 2.24) is 10.3 Å². The van der Waals surface area contributed by atoms with Gasteiger partial charge in [-0.05, 0) is 23.8 Å². The van der Waals surface area contributed by atoms with Crippen LogP contribution in [-0.2, 0) is 16.1 Å².